The van der Waals surface area contributed by atoms with Crippen LogP contribution in [-0.4, -0.2) is 30.2 Å². The van der Waals surface area contributed by atoms with Crippen LogP contribution in [0.1, 0.15) is 13.8 Å². The summed E-state index contributed by atoms with van der Waals surface area (Å²) in [6.45, 7) is 3.95. The molecular weight excluding hydrogens is 156 g/mol. The van der Waals surface area contributed by atoms with Crippen LogP contribution in [0, 0.1) is 5.92 Å². The number of hydrogen-bond donors (Lipinski definition) is 1. The van der Waals surface area contributed by atoms with Crippen molar-refractivity contribution in [2.24, 2.45) is 5.92 Å². The zero-order valence-electron chi connectivity index (χ0n) is 7.57. The number of carbonyl (C=O) groups is 1. The highest BCUT2D eigenvalue weighted by molar-refractivity contribution is 5.98. The summed E-state index contributed by atoms with van der Waals surface area (Å²) in [5.74, 6) is 0.00148. The number of ether oxygens (including phenoxy) is 1. The van der Waals surface area contributed by atoms with Gasteiger partial charge in [0.1, 0.15) is 12.2 Å². The Kier molecular flexibility index (Phi) is 2.65. The molecule has 0 aliphatic heterocycles. The fraction of sp³-hybridized carbons (Fsp3) is 0.667. The zero-order valence-corrected chi connectivity index (χ0v) is 7.57. The van der Waals surface area contributed by atoms with Crippen LogP contribution in [0.15, 0.2) is 11.6 Å². The van der Waals surface area contributed by atoms with Gasteiger partial charge in [-0.2, -0.15) is 0 Å². The molecule has 0 saturated carbocycles. The molecule has 0 radical (unpaired) electrons. The lowest BCUT2D eigenvalue weighted by Crippen LogP contribution is -2.30. The van der Waals surface area contributed by atoms with Gasteiger partial charge in [-0.1, -0.05) is 13.8 Å². The Morgan fingerprint density at radius 1 is 1.58 bits per heavy atom. The van der Waals surface area contributed by atoms with Gasteiger partial charge in [0, 0.05) is 7.11 Å². The highest BCUT2D eigenvalue weighted by Gasteiger charge is 2.35. The first kappa shape index (κ1) is 9.42. The van der Waals surface area contributed by atoms with Gasteiger partial charge in [0.05, 0.1) is 0 Å². The van der Waals surface area contributed by atoms with Crippen LogP contribution in [0.4, 0.5) is 0 Å². The predicted molar refractivity (Wildman–Crippen MR) is 44.7 cm³/mol. The number of ketones is 1. The van der Waals surface area contributed by atoms with Crippen LogP contribution in [0.3, 0.4) is 0 Å². The number of rotatable bonds is 2. The Labute approximate surface area is 72.0 Å². The molecule has 0 amide bonds. The topological polar surface area (TPSA) is 46.5 Å². The van der Waals surface area contributed by atoms with Crippen LogP contribution in [-0.2, 0) is 9.53 Å². The average Bonchev–Trinajstić information content (AvgIpc) is 2.29. The van der Waals surface area contributed by atoms with Crippen molar-refractivity contribution in [2.45, 2.75) is 26.1 Å². The monoisotopic (exact) mass is 170 g/mol. The number of aliphatic hydroxyl groups is 1. The van der Waals surface area contributed by atoms with Gasteiger partial charge in [-0.05, 0) is 17.6 Å². The lowest BCUT2D eigenvalue weighted by Gasteiger charge is -2.18. The van der Waals surface area contributed by atoms with E-state index in [4.69, 9.17) is 4.74 Å². The van der Waals surface area contributed by atoms with Gasteiger partial charge in [0.15, 0.2) is 5.78 Å². The van der Waals surface area contributed by atoms with E-state index in [0.717, 1.165) is 5.57 Å². The number of hydrogen-bond acceptors (Lipinski definition) is 3. The minimum atomic E-state index is -0.993. The zero-order chi connectivity index (χ0) is 9.30. The highest BCUT2D eigenvalue weighted by atomic mass is 16.5. The quantitative estimate of drug-likeness (QED) is 0.657. The van der Waals surface area contributed by atoms with Crippen molar-refractivity contribution in [3.63, 3.8) is 0 Å². The molecule has 0 fully saturated rings. The first-order valence-corrected chi connectivity index (χ1v) is 4.04. The van der Waals surface area contributed by atoms with Crippen LogP contribution in [0.5, 0.6) is 0 Å². The predicted octanol–water partition coefficient (Wildman–Crippen LogP) is 0.527. The molecule has 0 unspecified atom stereocenters. The maximum absolute atomic E-state index is 11.1. The summed E-state index contributed by atoms with van der Waals surface area (Å²) in [5, 5.41) is 9.35. The second-order valence-electron chi connectivity index (χ2n) is 3.30. The van der Waals surface area contributed by atoms with E-state index in [0.29, 0.717) is 0 Å². The van der Waals surface area contributed by atoms with E-state index >= 15 is 0 Å². The molecule has 0 bridgehead atoms. The standard InChI is InChI=1S/C9H14O3/c1-5(2)6-4-7(10)8(11)9(6)12-3/h4-5,8-9,11H,1-3H3/t8-,9-/m0/s1. The molecule has 1 N–H and O–H groups in total. The van der Waals surface area contributed by atoms with Crippen molar-refractivity contribution in [3.8, 4) is 0 Å². The molecule has 1 rings (SSSR count). The van der Waals surface area contributed by atoms with E-state index in [1.165, 1.54) is 13.2 Å². The molecule has 0 aromatic carbocycles. The van der Waals surface area contributed by atoms with Gasteiger partial charge in [-0.3, -0.25) is 4.79 Å². The van der Waals surface area contributed by atoms with Crippen molar-refractivity contribution in [1.82, 2.24) is 0 Å². The molecule has 2 atom stereocenters. The van der Waals surface area contributed by atoms with E-state index in [1.807, 2.05) is 13.8 Å². The lowest BCUT2D eigenvalue weighted by molar-refractivity contribution is -0.125. The van der Waals surface area contributed by atoms with E-state index in [1.54, 1.807) is 0 Å². The Morgan fingerprint density at radius 2 is 2.17 bits per heavy atom. The summed E-state index contributed by atoms with van der Waals surface area (Å²) in [4.78, 5) is 11.1. The maximum atomic E-state index is 11.1. The largest absolute Gasteiger partial charge is 0.382 e. The van der Waals surface area contributed by atoms with Gasteiger partial charge in [-0.15, -0.1) is 0 Å². The summed E-state index contributed by atoms with van der Waals surface area (Å²) in [6.07, 6.45) is 0.0636. The number of methoxy groups -OCH3 is 1. The number of carbonyl (C=O) groups excluding carboxylic acids is 1. The van der Waals surface area contributed by atoms with Gasteiger partial charge in [0.25, 0.3) is 0 Å². The fourth-order valence-corrected chi connectivity index (χ4v) is 1.42. The molecule has 0 heterocycles. The normalized spacial score (nSPS) is 29.8. The first-order chi connectivity index (χ1) is 5.57. The fourth-order valence-electron chi connectivity index (χ4n) is 1.42. The van der Waals surface area contributed by atoms with E-state index in [2.05, 4.69) is 0 Å². The molecular formula is C9H14O3. The van der Waals surface area contributed by atoms with Gasteiger partial charge in [0.2, 0.25) is 0 Å². The summed E-state index contributed by atoms with van der Waals surface area (Å²) in [6, 6.07) is 0. The van der Waals surface area contributed by atoms with E-state index in [9.17, 15) is 9.90 Å². The second-order valence-corrected chi connectivity index (χ2v) is 3.30. The maximum Gasteiger partial charge on any atom is 0.187 e. The van der Waals surface area contributed by atoms with Gasteiger partial charge < -0.3 is 9.84 Å². The summed E-state index contributed by atoms with van der Waals surface area (Å²) in [5.41, 5.74) is 0.884. The Bertz CT molecular complexity index is 218. The van der Waals surface area contributed by atoms with Crippen molar-refractivity contribution in [1.29, 1.82) is 0 Å². The van der Waals surface area contributed by atoms with Crippen molar-refractivity contribution >= 4 is 5.78 Å². The van der Waals surface area contributed by atoms with Gasteiger partial charge in [-0.25, -0.2) is 0 Å². The first-order valence-electron chi connectivity index (χ1n) is 4.04. The molecule has 0 spiro atoms. The summed E-state index contributed by atoms with van der Waals surface area (Å²) in [7, 11) is 1.50. The minimum absolute atomic E-state index is 0.245. The van der Waals surface area contributed by atoms with E-state index in [-0.39, 0.29) is 11.7 Å². The molecule has 1 aliphatic carbocycles. The Morgan fingerprint density at radius 3 is 2.50 bits per heavy atom. The smallest absolute Gasteiger partial charge is 0.187 e. The number of aliphatic hydroxyl groups excluding tert-OH is 1. The average molecular weight is 170 g/mol. The third-order valence-corrected chi connectivity index (χ3v) is 2.14. The Hall–Kier alpha value is -0.670. The lowest BCUT2D eigenvalue weighted by atomic mass is 10.00. The molecule has 68 valence electrons. The molecule has 3 nitrogen and oxygen atoms in total. The van der Waals surface area contributed by atoms with E-state index < -0.39 is 12.2 Å². The van der Waals surface area contributed by atoms with Gasteiger partial charge >= 0.3 is 0 Å². The summed E-state index contributed by atoms with van der Waals surface area (Å²) >= 11 is 0. The SMILES string of the molecule is CO[C@H]1C(C(C)C)=CC(=O)[C@@H]1O. The van der Waals surface area contributed by atoms with Crippen molar-refractivity contribution in [2.75, 3.05) is 7.11 Å². The molecule has 1 aliphatic rings. The molecule has 0 aromatic rings. The Balaban J connectivity index is 2.85. The molecule has 0 saturated heterocycles. The van der Waals surface area contributed by atoms with Crippen LogP contribution >= 0.6 is 0 Å². The summed E-state index contributed by atoms with van der Waals surface area (Å²) < 4.78 is 5.03. The van der Waals surface area contributed by atoms with Crippen molar-refractivity contribution in [3.05, 3.63) is 11.6 Å². The van der Waals surface area contributed by atoms with Crippen LogP contribution in [0.2, 0.25) is 0 Å². The third kappa shape index (κ3) is 1.42. The van der Waals surface area contributed by atoms with Crippen LogP contribution < -0.4 is 0 Å². The highest BCUT2D eigenvalue weighted by Crippen LogP contribution is 2.25. The van der Waals surface area contributed by atoms with Crippen LogP contribution in [0.25, 0.3) is 0 Å². The second kappa shape index (κ2) is 3.37. The molecule has 3 heteroatoms. The van der Waals surface area contributed by atoms with Crippen molar-refractivity contribution < 1.29 is 14.6 Å². The molecule has 0 aromatic heterocycles. The minimum Gasteiger partial charge on any atom is -0.382 e. The third-order valence-electron chi connectivity index (χ3n) is 2.14. The molecule has 12 heavy (non-hydrogen) atoms.